The van der Waals surface area contributed by atoms with Crippen LogP contribution in [0.2, 0.25) is 0 Å². The first kappa shape index (κ1) is 21.0. The summed E-state index contributed by atoms with van der Waals surface area (Å²) in [6.45, 7) is 0.872. The van der Waals surface area contributed by atoms with E-state index in [-0.39, 0.29) is 33.1 Å². The Morgan fingerprint density at radius 1 is 1.30 bits per heavy atom. The standard InChI is InChI=1S/C18H17ClF3N3O4S/c1-23-16(26)11-7-30-15-12(18(20,21)22)4-13(24-14(11)15)28-9-2-10(3-9)29-17(27)25-5-8(19)6-25/h4,7-10H,2-3,5-6H2,1H3,(H,23,26). The van der Waals surface area contributed by atoms with Gasteiger partial charge < -0.3 is 19.7 Å². The molecule has 2 amide bonds. The van der Waals surface area contributed by atoms with Crippen LogP contribution >= 0.6 is 22.9 Å². The Kier molecular flexibility index (Phi) is 5.43. The van der Waals surface area contributed by atoms with Crippen LogP contribution in [0.3, 0.4) is 0 Å². The zero-order valence-corrected chi connectivity index (χ0v) is 17.2. The molecule has 0 radical (unpaired) electrons. The number of likely N-dealkylation sites (tertiary alicyclic amines) is 1. The number of hydrogen-bond donors (Lipinski definition) is 1. The Bertz CT molecular complexity index is 987. The molecule has 162 valence electrons. The predicted octanol–water partition coefficient (Wildman–Crippen LogP) is 3.64. The lowest BCUT2D eigenvalue weighted by Gasteiger charge is -2.39. The lowest BCUT2D eigenvalue weighted by molar-refractivity contribution is -0.136. The van der Waals surface area contributed by atoms with E-state index in [1.165, 1.54) is 17.3 Å². The molecule has 12 heteroatoms. The number of alkyl halides is 4. The van der Waals surface area contributed by atoms with Gasteiger partial charge in [0.25, 0.3) is 5.91 Å². The third kappa shape index (κ3) is 4.00. The van der Waals surface area contributed by atoms with Crippen molar-refractivity contribution in [3.05, 3.63) is 22.6 Å². The van der Waals surface area contributed by atoms with E-state index in [1.54, 1.807) is 0 Å². The number of pyridine rings is 1. The van der Waals surface area contributed by atoms with Gasteiger partial charge in [-0.05, 0) is 0 Å². The van der Waals surface area contributed by atoms with E-state index in [0.717, 1.165) is 17.4 Å². The molecule has 2 aliphatic rings. The van der Waals surface area contributed by atoms with E-state index >= 15 is 0 Å². The number of hydrogen-bond acceptors (Lipinski definition) is 6. The number of ether oxygens (including phenoxy) is 2. The van der Waals surface area contributed by atoms with Crippen molar-refractivity contribution in [1.82, 2.24) is 15.2 Å². The second-order valence-electron chi connectivity index (χ2n) is 7.13. The van der Waals surface area contributed by atoms with E-state index in [2.05, 4.69) is 10.3 Å². The van der Waals surface area contributed by atoms with Gasteiger partial charge >= 0.3 is 12.3 Å². The molecule has 2 fully saturated rings. The van der Waals surface area contributed by atoms with Gasteiger partial charge in [0, 0.05) is 44.4 Å². The molecule has 0 atom stereocenters. The fraction of sp³-hybridized carbons (Fsp3) is 0.500. The van der Waals surface area contributed by atoms with Crippen molar-refractivity contribution in [2.75, 3.05) is 20.1 Å². The summed E-state index contributed by atoms with van der Waals surface area (Å²) < 4.78 is 51.3. The number of aromatic nitrogens is 1. The maximum absolute atomic E-state index is 13.5. The van der Waals surface area contributed by atoms with Gasteiger partial charge in [0.1, 0.15) is 12.2 Å². The van der Waals surface area contributed by atoms with Gasteiger partial charge in [-0.15, -0.1) is 22.9 Å². The number of nitrogens with zero attached hydrogens (tertiary/aromatic N) is 2. The zero-order chi connectivity index (χ0) is 21.6. The molecule has 1 N–H and O–H groups in total. The minimum absolute atomic E-state index is 0.0557. The van der Waals surface area contributed by atoms with Crippen LogP contribution in [0, 0.1) is 0 Å². The van der Waals surface area contributed by atoms with Gasteiger partial charge in [0.15, 0.2) is 0 Å². The predicted molar refractivity (Wildman–Crippen MR) is 103 cm³/mol. The molecule has 2 aromatic heterocycles. The highest BCUT2D eigenvalue weighted by molar-refractivity contribution is 7.17. The first-order valence-corrected chi connectivity index (χ1v) is 10.4. The van der Waals surface area contributed by atoms with Crippen molar-refractivity contribution in [1.29, 1.82) is 0 Å². The average molecular weight is 464 g/mol. The molecule has 1 saturated carbocycles. The number of rotatable bonds is 4. The number of thiophene rings is 1. The zero-order valence-electron chi connectivity index (χ0n) is 15.7. The summed E-state index contributed by atoms with van der Waals surface area (Å²) in [7, 11) is 1.39. The minimum Gasteiger partial charge on any atom is -0.474 e. The fourth-order valence-electron chi connectivity index (χ4n) is 3.22. The largest absolute Gasteiger partial charge is 0.474 e. The van der Waals surface area contributed by atoms with E-state index in [0.29, 0.717) is 25.9 Å². The number of nitrogens with one attached hydrogen (secondary N) is 1. The average Bonchev–Trinajstić information content (AvgIpc) is 3.05. The number of carbonyl (C=O) groups is 2. The van der Waals surface area contributed by atoms with Gasteiger partial charge in [-0.3, -0.25) is 4.79 Å². The van der Waals surface area contributed by atoms with Crippen LogP contribution in [-0.2, 0) is 10.9 Å². The van der Waals surface area contributed by atoms with Gasteiger partial charge in [-0.2, -0.15) is 13.2 Å². The van der Waals surface area contributed by atoms with Gasteiger partial charge in [0.05, 0.1) is 26.7 Å². The molecule has 4 rings (SSSR count). The Hall–Kier alpha value is -2.27. The molecule has 0 bridgehead atoms. The smallest absolute Gasteiger partial charge is 0.418 e. The Morgan fingerprint density at radius 3 is 2.60 bits per heavy atom. The minimum atomic E-state index is -4.63. The summed E-state index contributed by atoms with van der Waals surface area (Å²) in [5.41, 5.74) is -0.903. The van der Waals surface area contributed by atoms with Crippen molar-refractivity contribution >= 4 is 45.2 Å². The maximum atomic E-state index is 13.5. The van der Waals surface area contributed by atoms with E-state index < -0.39 is 29.8 Å². The summed E-state index contributed by atoms with van der Waals surface area (Å²) in [6.07, 6.45) is -5.20. The second-order valence-corrected chi connectivity index (χ2v) is 8.63. The number of fused-ring (bicyclic) bond motifs is 1. The summed E-state index contributed by atoms with van der Waals surface area (Å²) >= 11 is 6.63. The van der Waals surface area contributed by atoms with E-state index in [4.69, 9.17) is 21.1 Å². The van der Waals surface area contributed by atoms with Crippen molar-refractivity contribution < 1.29 is 32.2 Å². The monoisotopic (exact) mass is 463 g/mol. The first-order chi connectivity index (χ1) is 14.2. The second kappa shape index (κ2) is 7.77. The third-order valence-corrected chi connectivity index (χ3v) is 6.26. The molecule has 30 heavy (non-hydrogen) atoms. The molecule has 0 unspecified atom stereocenters. The molecular weight excluding hydrogens is 447 g/mol. The lowest BCUT2D eigenvalue weighted by atomic mass is 9.92. The Balaban J connectivity index is 1.47. The Labute approximate surface area is 178 Å². The molecule has 1 aliphatic heterocycles. The highest BCUT2D eigenvalue weighted by atomic mass is 35.5. The van der Waals surface area contributed by atoms with Crippen LogP contribution in [0.4, 0.5) is 18.0 Å². The number of amides is 2. The van der Waals surface area contributed by atoms with Crippen molar-refractivity contribution in [3.63, 3.8) is 0 Å². The van der Waals surface area contributed by atoms with E-state index in [1.807, 2.05) is 0 Å². The summed E-state index contributed by atoms with van der Waals surface area (Å²) in [6, 6.07) is 0.840. The third-order valence-electron chi connectivity index (χ3n) is 4.98. The van der Waals surface area contributed by atoms with E-state index in [9.17, 15) is 22.8 Å². The topological polar surface area (TPSA) is 80.8 Å². The normalized spacial score (nSPS) is 21.7. The van der Waals surface area contributed by atoms with Crippen molar-refractivity contribution in [3.8, 4) is 5.88 Å². The molecule has 2 aromatic rings. The molecule has 0 spiro atoms. The fourth-order valence-corrected chi connectivity index (χ4v) is 4.58. The Morgan fingerprint density at radius 2 is 2.00 bits per heavy atom. The van der Waals surface area contributed by atoms with Gasteiger partial charge in [-0.25, -0.2) is 9.78 Å². The molecule has 1 aliphatic carbocycles. The number of halogens is 4. The van der Waals surface area contributed by atoms with Crippen LogP contribution in [0.5, 0.6) is 5.88 Å². The summed E-state index contributed by atoms with van der Waals surface area (Å²) in [5, 5.41) is 3.67. The van der Waals surface area contributed by atoms with Crippen LogP contribution < -0.4 is 10.1 Å². The first-order valence-electron chi connectivity index (χ1n) is 9.13. The van der Waals surface area contributed by atoms with Gasteiger partial charge in [0.2, 0.25) is 5.88 Å². The van der Waals surface area contributed by atoms with Crippen LogP contribution in [0.25, 0.3) is 10.2 Å². The van der Waals surface area contributed by atoms with Crippen LogP contribution in [-0.4, -0.2) is 59.6 Å². The lowest BCUT2D eigenvalue weighted by Crippen LogP contribution is -2.53. The van der Waals surface area contributed by atoms with Crippen molar-refractivity contribution in [2.45, 2.75) is 36.6 Å². The quantitative estimate of drug-likeness (QED) is 0.700. The van der Waals surface area contributed by atoms with Crippen LogP contribution in [0.15, 0.2) is 11.4 Å². The summed E-state index contributed by atoms with van der Waals surface area (Å²) in [4.78, 5) is 29.5. The molecule has 7 nitrogen and oxygen atoms in total. The van der Waals surface area contributed by atoms with Crippen LogP contribution in [0.1, 0.15) is 28.8 Å². The SMILES string of the molecule is CNC(=O)c1csc2c(C(F)(F)F)cc(OC3CC(OC(=O)N4CC(Cl)C4)C3)nc12. The number of carbonyl (C=O) groups excluding carboxylic acids is 2. The highest BCUT2D eigenvalue weighted by Crippen LogP contribution is 2.41. The molecule has 3 heterocycles. The van der Waals surface area contributed by atoms with Gasteiger partial charge in [-0.1, -0.05) is 0 Å². The molecule has 0 aromatic carbocycles. The highest BCUT2D eigenvalue weighted by Gasteiger charge is 2.39. The summed E-state index contributed by atoms with van der Waals surface area (Å²) in [5.74, 6) is -0.749. The maximum Gasteiger partial charge on any atom is 0.418 e. The molecular formula is C18H17ClF3N3O4S. The van der Waals surface area contributed by atoms with Crippen molar-refractivity contribution in [2.24, 2.45) is 0 Å². The molecule has 1 saturated heterocycles.